The van der Waals surface area contributed by atoms with Crippen LogP contribution in [0.5, 0.6) is 0 Å². The lowest BCUT2D eigenvalue weighted by Gasteiger charge is -2.25. The average molecular weight is 321 g/mol. The molecule has 2 rings (SSSR count). The molecule has 0 heterocycles. The molecule has 23 heavy (non-hydrogen) atoms. The van der Waals surface area contributed by atoms with Crippen molar-refractivity contribution in [1.29, 1.82) is 0 Å². The van der Waals surface area contributed by atoms with Crippen LogP contribution in [0.15, 0.2) is 12.2 Å². The molecule has 1 N–H and O–H groups in total. The lowest BCUT2D eigenvalue weighted by Crippen LogP contribution is -2.37. The van der Waals surface area contributed by atoms with Gasteiger partial charge in [-0.1, -0.05) is 32.9 Å². The van der Waals surface area contributed by atoms with Crippen molar-refractivity contribution in [3.8, 4) is 0 Å². The van der Waals surface area contributed by atoms with Crippen molar-refractivity contribution in [2.24, 2.45) is 23.2 Å². The second-order valence-electron chi connectivity index (χ2n) is 7.23. The Bertz CT molecular complexity index is 497. The quantitative estimate of drug-likeness (QED) is 0.402. The second-order valence-corrected chi connectivity index (χ2v) is 7.23. The van der Waals surface area contributed by atoms with Crippen LogP contribution >= 0.6 is 0 Å². The zero-order chi connectivity index (χ0) is 17.0. The normalized spacial score (nSPS) is 28.7. The number of ether oxygens (including phenoxy) is 1. The smallest absolute Gasteiger partial charge is 0.293 e. The molecule has 2 aliphatic carbocycles. The topological polar surface area (TPSA) is 72.5 Å². The van der Waals surface area contributed by atoms with Gasteiger partial charge in [0.15, 0.2) is 0 Å². The van der Waals surface area contributed by atoms with E-state index in [1.165, 1.54) is 0 Å². The summed E-state index contributed by atoms with van der Waals surface area (Å²) in [5, 5.41) is 2.90. The predicted molar refractivity (Wildman–Crippen MR) is 86.5 cm³/mol. The molecule has 0 saturated heterocycles. The van der Waals surface area contributed by atoms with Crippen molar-refractivity contribution in [2.75, 3.05) is 6.54 Å². The number of Topliss-reactive ketones (excluding diaryl/α,β-unsaturated/α-hetero) is 1. The van der Waals surface area contributed by atoms with Crippen molar-refractivity contribution in [3.63, 3.8) is 0 Å². The molecule has 4 unspecified atom stereocenters. The maximum atomic E-state index is 12.5. The molecule has 5 nitrogen and oxygen atoms in total. The van der Waals surface area contributed by atoms with E-state index in [1.54, 1.807) is 0 Å². The lowest BCUT2D eigenvalue weighted by atomic mass is 9.85. The third-order valence-corrected chi connectivity index (χ3v) is 5.36. The number of amides is 1. The lowest BCUT2D eigenvalue weighted by molar-refractivity contribution is -0.141. The van der Waals surface area contributed by atoms with E-state index in [0.29, 0.717) is 25.9 Å². The Kier molecular flexibility index (Phi) is 5.60. The minimum atomic E-state index is -0.373. The average Bonchev–Trinajstić information content (AvgIpc) is 3.12. The van der Waals surface area contributed by atoms with E-state index >= 15 is 0 Å². The minimum Gasteiger partial charge on any atom is -0.463 e. The van der Waals surface area contributed by atoms with Gasteiger partial charge in [0.05, 0.1) is 5.92 Å². The third-order valence-electron chi connectivity index (χ3n) is 5.36. The molecule has 0 aromatic rings. The molecular formula is C18H27NO4. The van der Waals surface area contributed by atoms with Crippen LogP contribution in [0.25, 0.3) is 0 Å². The first kappa shape index (κ1) is 17.7. The van der Waals surface area contributed by atoms with Gasteiger partial charge in [-0.25, -0.2) is 0 Å². The van der Waals surface area contributed by atoms with E-state index in [0.717, 1.165) is 12.8 Å². The molecule has 2 aliphatic rings. The number of ketones is 1. The number of fused-ring (bicyclic) bond motifs is 2. The van der Waals surface area contributed by atoms with Crippen LogP contribution in [0, 0.1) is 23.2 Å². The largest absolute Gasteiger partial charge is 0.463 e. The summed E-state index contributed by atoms with van der Waals surface area (Å²) in [6.45, 7) is 6.77. The molecule has 2 bridgehead atoms. The maximum Gasteiger partial charge on any atom is 0.293 e. The summed E-state index contributed by atoms with van der Waals surface area (Å²) in [6.07, 6.45) is 6.53. The molecule has 0 spiro atoms. The SMILES string of the molecule is CCC(C)(C)C(=O)NCCCC(=O)C1C2C=CC(C2)C1OC=O. The molecule has 128 valence electrons. The highest BCUT2D eigenvalue weighted by molar-refractivity contribution is 5.83. The zero-order valence-corrected chi connectivity index (χ0v) is 14.2. The number of hydrogen-bond donors (Lipinski definition) is 1. The van der Waals surface area contributed by atoms with E-state index in [-0.39, 0.29) is 41.0 Å². The molecule has 0 aromatic carbocycles. The van der Waals surface area contributed by atoms with Crippen LogP contribution in [0.3, 0.4) is 0 Å². The van der Waals surface area contributed by atoms with Crippen LogP contribution in [0.2, 0.25) is 0 Å². The number of rotatable bonds is 9. The van der Waals surface area contributed by atoms with Gasteiger partial charge in [-0.05, 0) is 25.2 Å². The minimum absolute atomic E-state index is 0.0254. The fraction of sp³-hybridized carbons (Fsp3) is 0.722. The van der Waals surface area contributed by atoms with Crippen LogP contribution in [0.4, 0.5) is 0 Å². The Morgan fingerprint density at radius 3 is 2.65 bits per heavy atom. The van der Waals surface area contributed by atoms with Gasteiger partial charge in [0, 0.05) is 24.3 Å². The molecule has 0 radical (unpaired) electrons. The van der Waals surface area contributed by atoms with Crippen molar-refractivity contribution in [2.45, 2.75) is 52.6 Å². The standard InChI is InChI=1S/C18H27NO4/c1-4-18(2,3)17(22)19-9-5-6-14(21)15-12-7-8-13(10-12)16(15)23-11-20/h7-8,11-13,15-16H,4-6,9-10H2,1-3H3,(H,19,22). The summed E-state index contributed by atoms with van der Waals surface area (Å²) in [7, 11) is 0. The van der Waals surface area contributed by atoms with Gasteiger partial charge in [0.1, 0.15) is 11.9 Å². The first-order valence-electron chi connectivity index (χ1n) is 8.49. The van der Waals surface area contributed by atoms with E-state index in [9.17, 15) is 14.4 Å². The highest BCUT2D eigenvalue weighted by atomic mass is 16.5. The molecule has 1 fully saturated rings. The highest BCUT2D eigenvalue weighted by Crippen LogP contribution is 2.45. The van der Waals surface area contributed by atoms with Crippen molar-refractivity contribution >= 4 is 18.2 Å². The molecule has 1 saturated carbocycles. The Morgan fingerprint density at radius 1 is 1.30 bits per heavy atom. The Balaban J connectivity index is 1.78. The predicted octanol–water partition coefficient (Wildman–Crippen LogP) is 2.25. The molecule has 5 heteroatoms. The van der Waals surface area contributed by atoms with Crippen molar-refractivity contribution in [3.05, 3.63) is 12.2 Å². The van der Waals surface area contributed by atoms with Crippen LogP contribution in [0.1, 0.15) is 46.5 Å². The van der Waals surface area contributed by atoms with Gasteiger partial charge in [0.2, 0.25) is 5.91 Å². The Morgan fingerprint density at radius 2 is 2.00 bits per heavy atom. The summed E-state index contributed by atoms with van der Waals surface area (Å²) in [5.41, 5.74) is -0.373. The fourth-order valence-electron chi connectivity index (χ4n) is 3.48. The maximum absolute atomic E-state index is 12.5. The van der Waals surface area contributed by atoms with Gasteiger partial charge in [-0.3, -0.25) is 14.4 Å². The molecular weight excluding hydrogens is 294 g/mol. The first-order valence-corrected chi connectivity index (χ1v) is 8.49. The fourth-order valence-corrected chi connectivity index (χ4v) is 3.48. The summed E-state index contributed by atoms with van der Waals surface area (Å²) >= 11 is 0. The van der Waals surface area contributed by atoms with Gasteiger partial charge in [-0.2, -0.15) is 0 Å². The number of nitrogens with one attached hydrogen (secondary N) is 1. The molecule has 0 aromatic heterocycles. The van der Waals surface area contributed by atoms with Crippen LogP contribution < -0.4 is 5.32 Å². The summed E-state index contributed by atoms with van der Waals surface area (Å²) in [4.78, 5) is 35.1. The second kappa shape index (κ2) is 7.28. The van der Waals surface area contributed by atoms with Gasteiger partial charge >= 0.3 is 0 Å². The monoisotopic (exact) mass is 321 g/mol. The van der Waals surface area contributed by atoms with Crippen molar-refractivity contribution in [1.82, 2.24) is 5.32 Å². The molecule has 0 aliphatic heterocycles. The van der Waals surface area contributed by atoms with E-state index in [1.807, 2.05) is 20.8 Å². The first-order chi connectivity index (χ1) is 10.9. The number of carbonyl (C=O) groups is 3. The number of allylic oxidation sites excluding steroid dienone is 1. The van der Waals surface area contributed by atoms with Crippen molar-refractivity contribution < 1.29 is 19.1 Å². The van der Waals surface area contributed by atoms with Gasteiger partial charge < -0.3 is 10.1 Å². The Hall–Kier alpha value is -1.65. The van der Waals surface area contributed by atoms with E-state index in [2.05, 4.69) is 17.5 Å². The number of carbonyl (C=O) groups excluding carboxylic acids is 3. The van der Waals surface area contributed by atoms with E-state index < -0.39 is 0 Å². The molecule has 4 atom stereocenters. The molecule has 1 amide bonds. The van der Waals surface area contributed by atoms with E-state index in [4.69, 9.17) is 4.74 Å². The number of hydrogen-bond acceptors (Lipinski definition) is 4. The third kappa shape index (κ3) is 3.82. The zero-order valence-electron chi connectivity index (χ0n) is 14.2. The summed E-state index contributed by atoms with van der Waals surface area (Å²) in [5.74, 6) is 0.337. The van der Waals surface area contributed by atoms with Gasteiger partial charge in [0.25, 0.3) is 6.47 Å². The summed E-state index contributed by atoms with van der Waals surface area (Å²) in [6, 6.07) is 0. The highest BCUT2D eigenvalue weighted by Gasteiger charge is 2.49. The Labute approximate surface area is 137 Å². The van der Waals surface area contributed by atoms with Crippen LogP contribution in [-0.2, 0) is 19.1 Å². The van der Waals surface area contributed by atoms with Gasteiger partial charge in [-0.15, -0.1) is 0 Å². The summed E-state index contributed by atoms with van der Waals surface area (Å²) < 4.78 is 5.15. The van der Waals surface area contributed by atoms with Crippen LogP contribution in [-0.4, -0.2) is 30.8 Å².